The molecular weight excluding hydrogens is 350 g/mol. The molecule has 24 heavy (non-hydrogen) atoms. The Hall–Kier alpha value is -1.99. The number of nitrogens with zero attached hydrogens (tertiary/aromatic N) is 2. The van der Waals surface area contributed by atoms with Crippen molar-refractivity contribution in [2.75, 3.05) is 5.75 Å². The SMILES string of the molecule is Cc1c(Cl)cccc1-n1ccnc1SCC(=O)NC(C)(C)C(=O)O. The van der Waals surface area contributed by atoms with E-state index in [0.29, 0.717) is 10.2 Å². The van der Waals surface area contributed by atoms with Crippen LogP contribution < -0.4 is 5.32 Å². The molecule has 128 valence electrons. The van der Waals surface area contributed by atoms with Gasteiger partial charge in [-0.25, -0.2) is 9.78 Å². The van der Waals surface area contributed by atoms with E-state index in [-0.39, 0.29) is 11.7 Å². The Morgan fingerprint density at radius 3 is 2.79 bits per heavy atom. The normalized spacial score (nSPS) is 11.3. The fourth-order valence-corrected chi connectivity index (χ4v) is 2.94. The highest BCUT2D eigenvalue weighted by molar-refractivity contribution is 7.99. The van der Waals surface area contributed by atoms with Crippen molar-refractivity contribution in [1.29, 1.82) is 0 Å². The summed E-state index contributed by atoms with van der Waals surface area (Å²) in [5.74, 6) is -1.39. The molecule has 0 atom stereocenters. The number of rotatable bonds is 6. The number of carboxylic acid groups (broad SMARTS) is 1. The predicted molar refractivity (Wildman–Crippen MR) is 93.9 cm³/mol. The van der Waals surface area contributed by atoms with Gasteiger partial charge in [-0.3, -0.25) is 9.36 Å². The monoisotopic (exact) mass is 367 g/mol. The van der Waals surface area contributed by atoms with Crippen molar-refractivity contribution in [2.24, 2.45) is 0 Å². The number of imidazole rings is 1. The number of aliphatic carboxylic acids is 1. The number of carbonyl (C=O) groups is 2. The lowest BCUT2D eigenvalue weighted by atomic mass is 10.1. The third kappa shape index (κ3) is 4.10. The van der Waals surface area contributed by atoms with E-state index in [0.717, 1.165) is 11.3 Å². The molecule has 1 amide bonds. The maximum atomic E-state index is 12.0. The van der Waals surface area contributed by atoms with Crippen molar-refractivity contribution in [1.82, 2.24) is 14.9 Å². The minimum atomic E-state index is -1.31. The zero-order chi connectivity index (χ0) is 17.9. The summed E-state index contributed by atoms with van der Waals surface area (Å²) in [6.45, 7) is 4.79. The van der Waals surface area contributed by atoms with E-state index >= 15 is 0 Å². The Bertz CT molecular complexity index is 774. The largest absolute Gasteiger partial charge is 0.480 e. The number of aromatic nitrogens is 2. The molecule has 2 rings (SSSR count). The van der Waals surface area contributed by atoms with E-state index in [2.05, 4.69) is 10.3 Å². The van der Waals surface area contributed by atoms with E-state index in [9.17, 15) is 9.59 Å². The molecule has 0 fully saturated rings. The molecule has 0 aliphatic heterocycles. The molecule has 2 N–H and O–H groups in total. The second-order valence-corrected chi connectivity index (χ2v) is 7.08. The molecule has 6 nitrogen and oxygen atoms in total. The lowest BCUT2D eigenvalue weighted by molar-refractivity contribution is -0.145. The number of amides is 1. The van der Waals surface area contributed by atoms with E-state index < -0.39 is 11.5 Å². The molecule has 8 heteroatoms. The molecule has 0 spiro atoms. The fourth-order valence-electron chi connectivity index (χ4n) is 2.01. The van der Waals surface area contributed by atoms with Gasteiger partial charge in [0.15, 0.2) is 5.16 Å². The quantitative estimate of drug-likeness (QED) is 0.767. The van der Waals surface area contributed by atoms with E-state index in [1.54, 1.807) is 12.4 Å². The van der Waals surface area contributed by atoms with Crippen LogP contribution >= 0.6 is 23.4 Å². The maximum absolute atomic E-state index is 12.0. The van der Waals surface area contributed by atoms with Gasteiger partial charge in [0, 0.05) is 17.4 Å². The van der Waals surface area contributed by atoms with Crippen molar-refractivity contribution < 1.29 is 14.7 Å². The Morgan fingerprint density at radius 2 is 2.12 bits per heavy atom. The highest BCUT2D eigenvalue weighted by atomic mass is 35.5. The highest BCUT2D eigenvalue weighted by Crippen LogP contribution is 2.26. The average Bonchev–Trinajstić information content (AvgIpc) is 2.95. The molecule has 1 aromatic carbocycles. The summed E-state index contributed by atoms with van der Waals surface area (Å²) >= 11 is 7.38. The third-order valence-corrected chi connectivity index (χ3v) is 4.80. The van der Waals surface area contributed by atoms with Crippen LogP contribution in [0.15, 0.2) is 35.7 Å². The second kappa shape index (κ2) is 7.27. The number of hydrogen-bond acceptors (Lipinski definition) is 4. The summed E-state index contributed by atoms with van der Waals surface area (Å²) in [5.41, 5.74) is 0.487. The van der Waals surface area contributed by atoms with Gasteiger partial charge in [0.1, 0.15) is 5.54 Å². The average molecular weight is 368 g/mol. The van der Waals surface area contributed by atoms with Gasteiger partial charge in [0.05, 0.1) is 11.4 Å². The van der Waals surface area contributed by atoms with Crippen molar-refractivity contribution >= 4 is 35.2 Å². The molecule has 0 aliphatic carbocycles. The first-order valence-electron chi connectivity index (χ1n) is 7.18. The summed E-state index contributed by atoms with van der Waals surface area (Å²) in [5, 5.41) is 12.8. The third-order valence-electron chi connectivity index (χ3n) is 3.42. The van der Waals surface area contributed by atoms with Crippen LogP contribution in [0.25, 0.3) is 5.69 Å². The lowest BCUT2D eigenvalue weighted by Crippen LogP contribution is -2.50. The summed E-state index contributed by atoms with van der Waals surface area (Å²) in [6, 6.07) is 5.58. The maximum Gasteiger partial charge on any atom is 0.328 e. The van der Waals surface area contributed by atoms with Crippen LogP contribution in [0, 0.1) is 6.92 Å². The van der Waals surface area contributed by atoms with Gasteiger partial charge < -0.3 is 10.4 Å². The Balaban J connectivity index is 2.11. The Kier molecular flexibility index (Phi) is 5.56. The molecule has 0 saturated heterocycles. The summed E-state index contributed by atoms with van der Waals surface area (Å²) in [4.78, 5) is 27.3. The Labute approximate surface area is 149 Å². The van der Waals surface area contributed by atoms with Crippen LogP contribution in [0.5, 0.6) is 0 Å². The summed E-state index contributed by atoms with van der Waals surface area (Å²) in [7, 11) is 0. The van der Waals surface area contributed by atoms with Crippen molar-refractivity contribution in [3.8, 4) is 5.69 Å². The van der Waals surface area contributed by atoms with Crippen LogP contribution in [0.4, 0.5) is 0 Å². The standard InChI is InChI=1S/C16H18ClN3O3S/c1-10-11(17)5-4-6-12(10)20-8-7-18-15(20)24-9-13(21)19-16(2,3)14(22)23/h4-8H,9H2,1-3H3,(H,19,21)(H,22,23). The van der Waals surface area contributed by atoms with Gasteiger partial charge in [-0.05, 0) is 38.5 Å². The van der Waals surface area contributed by atoms with E-state index in [1.165, 1.54) is 25.6 Å². The molecule has 0 saturated carbocycles. The van der Waals surface area contributed by atoms with Crippen LogP contribution in [0.2, 0.25) is 5.02 Å². The summed E-state index contributed by atoms with van der Waals surface area (Å²) in [6.07, 6.45) is 3.43. The minimum Gasteiger partial charge on any atom is -0.480 e. The van der Waals surface area contributed by atoms with Gasteiger partial charge in [-0.15, -0.1) is 0 Å². The molecule has 2 aromatic rings. The van der Waals surface area contributed by atoms with Crippen molar-refractivity contribution in [3.05, 3.63) is 41.2 Å². The lowest BCUT2D eigenvalue weighted by Gasteiger charge is -2.20. The zero-order valence-electron chi connectivity index (χ0n) is 13.5. The number of nitrogens with one attached hydrogen (secondary N) is 1. The van der Waals surface area contributed by atoms with Gasteiger partial charge in [0.2, 0.25) is 5.91 Å². The van der Waals surface area contributed by atoms with Gasteiger partial charge >= 0.3 is 5.97 Å². The van der Waals surface area contributed by atoms with Crippen LogP contribution in [0.1, 0.15) is 19.4 Å². The first-order chi connectivity index (χ1) is 11.2. The molecular formula is C16H18ClN3O3S. The Morgan fingerprint density at radius 1 is 1.42 bits per heavy atom. The molecule has 0 radical (unpaired) electrons. The first-order valence-corrected chi connectivity index (χ1v) is 8.55. The van der Waals surface area contributed by atoms with Gasteiger partial charge in [0.25, 0.3) is 0 Å². The molecule has 0 aliphatic rings. The van der Waals surface area contributed by atoms with Gasteiger partial charge in [-0.1, -0.05) is 29.4 Å². The van der Waals surface area contributed by atoms with Gasteiger partial charge in [-0.2, -0.15) is 0 Å². The first kappa shape index (κ1) is 18.4. The van der Waals surface area contributed by atoms with E-state index in [4.69, 9.17) is 16.7 Å². The number of carboxylic acids is 1. The molecule has 1 heterocycles. The number of thioether (sulfide) groups is 1. The summed E-state index contributed by atoms with van der Waals surface area (Å²) < 4.78 is 1.85. The van der Waals surface area contributed by atoms with Crippen LogP contribution in [-0.4, -0.2) is 37.8 Å². The zero-order valence-corrected chi connectivity index (χ0v) is 15.1. The predicted octanol–water partition coefficient (Wildman–Crippen LogP) is 2.91. The number of hydrogen-bond donors (Lipinski definition) is 2. The second-order valence-electron chi connectivity index (χ2n) is 5.73. The van der Waals surface area contributed by atoms with Crippen molar-refractivity contribution in [3.63, 3.8) is 0 Å². The minimum absolute atomic E-state index is 0.0628. The van der Waals surface area contributed by atoms with E-state index in [1.807, 2.05) is 29.7 Å². The molecule has 1 aromatic heterocycles. The fraction of sp³-hybridized carbons (Fsp3) is 0.312. The molecule has 0 unspecified atom stereocenters. The number of carbonyl (C=O) groups excluding carboxylic acids is 1. The molecule has 0 bridgehead atoms. The van der Waals surface area contributed by atoms with Crippen molar-refractivity contribution in [2.45, 2.75) is 31.5 Å². The van der Waals surface area contributed by atoms with Crippen LogP contribution in [-0.2, 0) is 9.59 Å². The number of benzene rings is 1. The highest BCUT2D eigenvalue weighted by Gasteiger charge is 2.28. The number of halogens is 1. The topological polar surface area (TPSA) is 84.2 Å². The smallest absolute Gasteiger partial charge is 0.328 e. The van der Waals surface area contributed by atoms with Crippen LogP contribution in [0.3, 0.4) is 0 Å².